The van der Waals surface area contributed by atoms with Gasteiger partial charge >= 0.3 is 5.97 Å². The Kier molecular flexibility index (Phi) is 4.54. The van der Waals surface area contributed by atoms with Gasteiger partial charge in [-0.1, -0.05) is 35.0 Å². The molecule has 0 bridgehead atoms. The summed E-state index contributed by atoms with van der Waals surface area (Å²) in [6.07, 6.45) is 0.730. The quantitative estimate of drug-likeness (QED) is 0.789. The fourth-order valence-electron chi connectivity index (χ4n) is 1.57. The molecule has 1 unspecified atom stereocenters. The van der Waals surface area contributed by atoms with Crippen LogP contribution in [0.2, 0.25) is 0 Å². The monoisotopic (exact) mass is 284 g/mol. The zero-order valence-corrected chi connectivity index (χ0v) is 11.5. The molecule has 0 aliphatic carbocycles. The van der Waals surface area contributed by atoms with Crippen LogP contribution in [0.4, 0.5) is 0 Å². The van der Waals surface area contributed by atoms with Crippen LogP contribution in [0.3, 0.4) is 0 Å². The zero-order valence-electron chi connectivity index (χ0n) is 9.92. The first-order valence-corrected chi connectivity index (χ1v) is 6.27. The van der Waals surface area contributed by atoms with Crippen LogP contribution < -0.4 is 0 Å². The van der Waals surface area contributed by atoms with E-state index in [0.717, 1.165) is 16.5 Å². The first-order valence-electron chi connectivity index (χ1n) is 5.48. The van der Waals surface area contributed by atoms with Crippen LogP contribution in [0, 0.1) is 0 Å². The second-order valence-corrected chi connectivity index (χ2v) is 4.83. The topological polar surface area (TPSA) is 26.3 Å². The lowest BCUT2D eigenvalue weighted by Gasteiger charge is -2.26. The number of esters is 1. The van der Waals surface area contributed by atoms with E-state index in [1.54, 1.807) is 0 Å². The van der Waals surface area contributed by atoms with Gasteiger partial charge in [0.25, 0.3) is 0 Å². The average molecular weight is 285 g/mol. The molecule has 2 nitrogen and oxygen atoms in total. The normalized spacial score (nSPS) is 14.2. The molecule has 1 aromatic carbocycles. The minimum absolute atomic E-state index is 0.153. The third-order valence-corrected chi connectivity index (χ3v) is 3.44. The van der Waals surface area contributed by atoms with Gasteiger partial charge in [-0.3, -0.25) is 4.79 Å². The lowest BCUT2D eigenvalue weighted by molar-refractivity contribution is -0.149. The lowest BCUT2D eigenvalue weighted by atomic mass is 9.80. The van der Waals surface area contributed by atoms with Crippen LogP contribution >= 0.6 is 15.9 Å². The number of hydrogen-bond acceptors (Lipinski definition) is 2. The Labute approximate surface area is 105 Å². The summed E-state index contributed by atoms with van der Waals surface area (Å²) in [7, 11) is 0. The summed E-state index contributed by atoms with van der Waals surface area (Å²) >= 11 is 3.39. The maximum atomic E-state index is 11.9. The molecule has 0 saturated carbocycles. The van der Waals surface area contributed by atoms with Gasteiger partial charge < -0.3 is 4.74 Å². The number of carbonyl (C=O) groups excluding carboxylic acids is 1. The number of rotatable bonds is 4. The summed E-state index contributed by atoms with van der Waals surface area (Å²) in [5.41, 5.74) is 0.452. The lowest BCUT2D eigenvalue weighted by Crippen LogP contribution is -2.33. The van der Waals surface area contributed by atoms with E-state index >= 15 is 0 Å². The van der Waals surface area contributed by atoms with Crippen LogP contribution in [0.15, 0.2) is 28.7 Å². The van der Waals surface area contributed by atoms with Crippen molar-refractivity contribution in [1.82, 2.24) is 0 Å². The van der Waals surface area contributed by atoms with Gasteiger partial charge in [-0.15, -0.1) is 0 Å². The number of carbonyl (C=O) groups is 1. The number of benzene rings is 1. The molecule has 1 rings (SSSR count). The summed E-state index contributed by atoms with van der Waals surface area (Å²) in [5.74, 6) is -0.153. The molecule has 0 N–H and O–H groups in total. The number of halogens is 1. The Morgan fingerprint density at radius 2 is 1.88 bits per heavy atom. The number of hydrogen-bond donors (Lipinski definition) is 0. The molecule has 3 heteroatoms. The maximum Gasteiger partial charge on any atom is 0.316 e. The summed E-state index contributed by atoms with van der Waals surface area (Å²) in [6.45, 7) is 6.17. The molecule has 0 aliphatic rings. The Balaban J connectivity index is 3.04. The second-order valence-electron chi connectivity index (χ2n) is 3.91. The molecular formula is C13H17BrO2. The Morgan fingerprint density at radius 1 is 1.31 bits per heavy atom. The van der Waals surface area contributed by atoms with E-state index < -0.39 is 5.41 Å². The average Bonchev–Trinajstić information content (AvgIpc) is 2.29. The predicted octanol–water partition coefficient (Wildman–Crippen LogP) is 3.68. The molecule has 0 heterocycles. The standard InChI is InChI=1S/C13H17BrO2/c1-4-13(3,12(15)16-5-2)10-6-8-11(14)9-7-10/h6-9H,4-5H2,1-3H3. The minimum Gasteiger partial charge on any atom is -0.465 e. The molecule has 0 spiro atoms. The van der Waals surface area contributed by atoms with E-state index in [1.807, 2.05) is 45.0 Å². The van der Waals surface area contributed by atoms with Crippen molar-refractivity contribution >= 4 is 21.9 Å². The zero-order chi connectivity index (χ0) is 12.2. The summed E-state index contributed by atoms with van der Waals surface area (Å²) in [5, 5.41) is 0. The van der Waals surface area contributed by atoms with Crippen LogP contribution in [-0.2, 0) is 14.9 Å². The Hall–Kier alpha value is -0.830. The van der Waals surface area contributed by atoms with E-state index in [1.165, 1.54) is 0 Å². The van der Waals surface area contributed by atoms with Gasteiger partial charge in [-0.25, -0.2) is 0 Å². The minimum atomic E-state index is -0.545. The van der Waals surface area contributed by atoms with Gasteiger partial charge in [0.2, 0.25) is 0 Å². The van der Waals surface area contributed by atoms with Crippen molar-refractivity contribution in [3.05, 3.63) is 34.3 Å². The van der Waals surface area contributed by atoms with Crippen molar-refractivity contribution in [2.24, 2.45) is 0 Å². The van der Waals surface area contributed by atoms with E-state index in [2.05, 4.69) is 15.9 Å². The van der Waals surface area contributed by atoms with Crippen molar-refractivity contribution in [2.75, 3.05) is 6.61 Å². The SMILES string of the molecule is CCOC(=O)C(C)(CC)c1ccc(Br)cc1. The second kappa shape index (κ2) is 5.48. The molecule has 1 atom stereocenters. The number of ether oxygens (including phenoxy) is 1. The van der Waals surface area contributed by atoms with Gasteiger partial charge in [-0.05, 0) is 38.0 Å². The summed E-state index contributed by atoms with van der Waals surface area (Å²) in [6, 6.07) is 7.82. The highest BCUT2D eigenvalue weighted by Gasteiger charge is 2.34. The van der Waals surface area contributed by atoms with Gasteiger partial charge in [0, 0.05) is 4.47 Å². The molecule has 88 valence electrons. The largest absolute Gasteiger partial charge is 0.465 e. The van der Waals surface area contributed by atoms with Gasteiger partial charge in [0.15, 0.2) is 0 Å². The highest BCUT2D eigenvalue weighted by atomic mass is 79.9. The van der Waals surface area contributed by atoms with Crippen molar-refractivity contribution in [3.63, 3.8) is 0 Å². The molecule has 0 radical (unpaired) electrons. The molecule has 0 amide bonds. The van der Waals surface area contributed by atoms with Crippen molar-refractivity contribution in [2.45, 2.75) is 32.6 Å². The van der Waals surface area contributed by atoms with Crippen LogP contribution in [-0.4, -0.2) is 12.6 Å². The van der Waals surface area contributed by atoms with Crippen molar-refractivity contribution < 1.29 is 9.53 Å². The predicted molar refractivity (Wildman–Crippen MR) is 68.4 cm³/mol. The maximum absolute atomic E-state index is 11.9. The third-order valence-electron chi connectivity index (χ3n) is 2.91. The molecule has 0 fully saturated rings. The van der Waals surface area contributed by atoms with Gasteiger partial charge in [0.05, 0.1) is 12.0 Å². The van der Waals surface area contributed by atoms with Crippen LogP contribution in [0.1, 0.15) is 32.8 Å². The third kappa shape index (κ3) is 2.64. The van der Waals surface area contributed by atoms with Gasteiger partial charge in [-0.2, -0.15) is 0 Å². The smallest absolute Gasteiger partial charge is 0.316 e. The Bertz CT molecular complexity index is 359. The molecule has 0 aromatic heterocycles. The van der Waals surface area contributed by atoms with E-state index in [4.69, 9.17) is 4.74 Å². The van der Waals surface area contributed by atoms with E-state index in [9.17, 15) is 4.79 Å². The highest BCUT2D eigenvalue weighted by Crippen LogP contribution is 2.30. The highest BCUT2D eigenvalue weighted by molar-refractivity contribution is 9.10. The molecule has 0 saturated heterocycles. The fraction of sp³-hybridized carbons (Fsp3) is 0.462. The van der Waals surface area contributed by atoms with Crippen LogP contribution in [0.25, 0.3) is 0 Å². The first kappa shape index (κ1) is 13.2. The van der Waals surface area contributed by atoms with Crippen molar-refractivity contribution in [3.8, 4) is 0 Å². The van der Waals surface area contributed by atoms with Crippen LogP contribution in [0.5, 0.6) is 0 Å². The first-order chi connectivity index (χ1) is 7.54. The van der Waals surface area contributed by atoms with E-state index in [-0.39, 0.29) is 5.97 Å². The van der Waals surface area contributed by atoms with E-state index in [0.29, 0.717) is 6.61 Å². The molecule has 1 aromatic rings. The summed E-state index contributed by atoms with van der Waals surface area (Å²) in [4.78, 5) is 11.9. The van der Waals surface area contributed by atoms with Crippen molar-refractivity contribution in [1.29, 1.82) is 0 Å². The summed E-state index contributed by atoms with van der Waals surface area (Å²) < 4.78 is 6.14. The molecular weight excluding hydrogens is 268 g/mol. The molecule has 0 aliphatic heterocycles. The molecule has 16 heavy (non-hydrogen) atoms. The Morgan fingerprint density at radius 3 is 2.31 bits per heavy atom. The fourth-order valence-corrected chi connectivity index (χ4v) is 1.84. The van der Waals surface area contributed by atoms with Gasteiger partial charge in [0.1, 0.15) is 0 Å².